The van der Waals surface area contributed by atoms with Crippen LogP contribution in [0, 0.1) is 17.8 Å². The van der Waals surface area contributed by atoms with Crippen molar-refractivity contribution in [2.75, 3.05) is 0 Å². The number of hydrogen-bond acceptors (Lipinski definition) is 2. The van der Waals surface area contributed by atoms with Crippen molar-refractivity contribution >= 4 is 16.7 Å². The van der Waals surface area contributed by atoms with E-state index in [2.05, 4.69) is 17.2 Å². The van der Waals surface area contributed by atoms with Crippen LogP contribution in [0.1, 0.15) is 31.4 Å². The third kappa shape index (κ3) is 1.80. The van der Waals surface area contributed by atoms with Gasteiger partial charge in [0.2, 0.25) is 0 Å². The summed E-state index contributed by atoms with van der Waals surface area (Å²) < 4.78 is 1.89. The van der Waals surface area contributed by atoms with Crippen LogP contribution in [-0.2, 0) is 18.3 Å². The summed E-state index contributed by atoms with van der Waals surface area (Å²) in [5.41, 5.74) is 2.07. The quantitative estimate of drug-likeness (QED) is 0.857. The Bertz CT molecular complexity index is 673. The van der Waals surface area contributed by atoms with E-state index in [4.69, 9.17) is 0 Å². The maximum Gasteiger partial charge on any atom is 0.142 e. The summed E-state index contributed by atoms with van der Waals surface area (Å²) in [5.74, 6) is 2.23. The van der Waals surface area contributed by atoms with Gasteiger partial charge in [0, 0.05) is 18.4 Å². The second-order valence-electron chi connectivity index (χ2n) is 6.51. The van der Waals surface area contributed by atoms with Crippen molar-refractivity contribution in [3.8, 4) is 0 Å². The first-order valence-electron chi connectivity index (χ1n) is 7.65. The highest BCUT2D eigenvalue weighted by Crippen LogP contribution is 2.48. The molecule has 3 nitrogen and oxygen atoms in total. The van der Waals surface area contributed by atoms with E-state index in [9.17, 15) is 4.79 Å². The van der Waals surface area contributed by atoms with Gasteiger partial charge in [-0.05, 0) is 37.2 Å². The third-order valence-corrected chi connectivity index (χ3v) is 5.33. The number of carbonyl (C=O) groups excluding carboxylic acids is 1. The van der Waals surface area contributed by atoms with Gasteiger partial charge in [0.25, 0.3) is 0 Å². The Kier molecular flexibility index (Phi) is 2.69. The van der Waals surface area contributed by atoms with E-state index in [0.29, 0.717) is 24.0 Å². The number of benzene rings is 1. The fourth-order valence-electron chi connectivity index (χ4n) is 4.35. The number of hydrogen-bond donors (Lipinski definition) is 0. The van der Waals surface area contributed by atoms with Gasteiger partial charge in [0.15, 0.2) is 0 Å². The van der Waals surface area contributed by atoms with Crippen LogP contribution < -0.4 is 0 Å². The molecule has 2 aromatic rings. The first-order valence-corrected chi connectivity index (χ1v) is 7.65. The minimum atomic E-state index is 0.314. The maximum absolute atomic E-state index is 12.6. The highest BCUT2D eigenvalue weighted by molar-refractivity contribution is 5.90. The molecule has 0 aliphatic heterocycles. The lowest BCUT2D eigenvalue weighted by atomic mass is 9.84. The van der Waals surface area contributed by atoms with Crippen molar-refractivity contribution in [1.29, 1.82) is 0 Å². The van der Waals surface area contributed by atoms with Crippen LogP contribution in [-0.4, -0.2) is 15.6 Å². The molecule has 2 aliphatic rings. The van der Waals surface area contributed by atoms with E-state index >= 15 is 0 Å². The van der Waals surface area contributed by atoms with E-state index in [1.165, 1.54) is 19.3 Å². The Hall–Kier alpha value is -1.64. The molecule has 3 atom stereocenters. The number of ketones is 1. The fraction of sp³-hybridized carbons (Fsp3) is 0.529. The molecule has 0 radical (unpaired) electrons. The van der Waals surface area contributed by atoms with Gasteiger partial charge in [0.05, 0.1) is 17.6 Å². The molecule has 0 spiro atoms. The topological polar surface area (TPSA) is 34.9 Å². The molecule has 1 heterocycles. The lowest BCUT2D eigenvalue weighted by Gasteiger charge is -2.19. The molecular weight excluding hydrogens is 248 g/mol. The van der Waals surface area contributed by atoms with Gasteiger partial charge in [-0.2, -0.15) is 5.10 Å². The van der Waals surface area contributed by atoms with E-state index in [1.807, 2.05) is 23.9 Å². The third-order valence-electron chi connectivity index (χ3n) is 5.33. The molecule has 3 heteroatoms. The second-order valence-corrected chi connectivity index (χ2v) is 6.51. The van der Waals surface area contributed by atoms with Gasteiger partial charge in [-0.15, -0.1) is 0 Å². The first kappa shape index (κ1) is 12.1. The van der Waals surface area contributed by atoms with Crippen LogP contribution in [0.4, 0.5) is 0 Å². The Balaban J connectivity index is 1.60. The highest BCUT2D eigenvalue weighted by Gasteiger charge is 2.42. The van der Waals surface area contributed by atoms with Gasteiger partial charge in [0.1, 0.15) is 5.78 Å². The van der Waals surface area contributed by atoms with Gasteiger partial charge >= 0.3 is 0 Å². The summed E-state index contributed by atoms with van der Waals surface area (Å²) in [6.07, 6.45) is 5.55. The first-order chi connectivity index (χ1) is 9.72. The number of para-hydroxylation sites is 1. The van der Waals surface area contributed by atoms with Crippen LogP contribution in [0.15, 0.2) is 24.3 Å². The molecule has 2 fully saturated rings. The predicted octanol–water partition coefficient (Wildman–Crippen LogP) is 3.12. The SMILES string of the molecule is Cn1nc(CC(=O)C2CC3CCC2C3)c2ccccc21. The number of aromatic nitrogens is 2. The summed E-state index contributed by atoms with van der Waals surface area (Å²) >= 11 is 0. The summed E-state index contributed by atoms with van der Waals surface area (Å²) in [6, 6.07) is 8.18. The molecule has 4 rings (SSSR count). The minimum Gasteiger partial charge on any atom is -0.299 e. The molecule has 104 valence electrons. The Labute approximate surface area is 119 Å². The molecule has 2 bridgehead atoms. The largest absolute Gasteiger partial charge is 0.299 e. The monoisotopic (exact) mass is 268 g/mol. The smallest absolute Gasteiger partial charge is 0.142 e. The average Bonchev–Trinajstić information content (AvgIpc) is 3.15. The van der Waals surface area contributed by atoms with Crippen molar-refractivity contribution in [3.63, 3.8) is 0 Å². The summed E-state index contributed by atoms with van der Waals surface area (Å²) in [5, 5.41) is 5.69. The summed E-state index contributed by atoms with van der Waals surface area (Å²) in [7, 11) is 1.95. The molecule has 1 aromatic heterocycles. The van der Waals surface area contributed by atoms with E-state index in [-0.39, 0.29) is 0 Å². The van der Waals surface area contributed by atoms with Crippen molar-refractivity contribution < 1.29 is 4.79 Å². The molecule has 2 saturated carbocycles. The molecule has 0 N–H and O–H groups in total. The van der Waals surface area contributed by atoms with Crippen molar-refractivity contribution in [1.82, 2.24) is 9.78 Å². The van der Waals surface area contributed by atoms with Crippen molar-refractivity contribution in [3.05, 3.63) is 30.0 Å². The normalized spacial score (nSPS) is 28.4. The highest BCUT2D eigenvalue weighted by atomic mass is 16.1. The van der Waals surface area contributed by atoms with Crippen LogP contribution in [0.2, 0.25) is 0 Å². The Morgan fingerprint density at radius 1 is 1.30 bits per heavy atom. The lowest BCUT2D eigenvalue weighted by Crippen LogP contribution is -2.22. The molecule has 0 saturated heterocycles. The number of Topliss-reactive ketones (excluding diaryl/α,β-unsaturated/α-hetero) is 1. The fourth-order valence-corrected chi connectivity index (χ4v) is 4.35. The standard InChI is InChI=1S/C17H20N2O/c1-19-16-5-3-2-4-13(16)15(18-19)10-17(20)14-9-11-6-7-12(14)8-11/h2-5,11-12,14H,6-10H2,1H3. The van der Waals surface area contributed by atoms with E-state index in [0.717, 1.165) is 28.9 Å². The minimum absolute atomic E-state index is 0.314. The zero-order valence-corrected chi connectivity index (χ0v) is 11.9. The maximum atomic E-state index is 12.6. The van der Waals surface area contributed by atoms with Crippen LogP contribution >= 0.6 is 0 Å². The molecule has 1 aromatic carbocycles. The average molecular weight is 268 g/mol. The van der Waals surface area contributed by atoms with E-state index < -0.39 is 0 Å². The summed E-state index contributed by atoms with van der Waals surface area (Å²) in [6.45, 7) is 0. The number of rotatable bonds is 3. The summed E-state index contributed by atoms with van der Waals surface area (Å²) in [4.78, 5) is 12.6. The molecule has 20 heavy (non-hydrogen) atoms. The Morgan fingerprint density at radius 3 is 2.90 bits per heavy atom. The van der Waals surface area contributed by atoms with Gasteiger partial charge in [-0.3, -0.25) is 9.48 Å². The molecule has 3 unspecified atom stereocenters. The van der Waals surface area contributed by atoms with Crippen LogP contribution in [0.25, 0.3) is 10.9 Å². The van der Waals surface area contributed by atoms with Gasteiger partial charge in [-0.25, -0.2) is 0 Å². The zero-order chi connectivity index (χ0) is 13.7. The number of carbonyl (C=O) groups is 1. The number of aryl methyl sites for hydroxylation is 1. The van der Waals surface area contributed by atoms with Crippen LogP contribution in [0.3, 0.4) is 0 Å². The molecular formula is C17H20N2O. The van der Waals surface area contributed by atoms with Gasteiger partial charge < -0.3 is 0 Å². The Morgan fingerprint density at radius 2 is 2.15 bits per heavy atom. The number of nitrogens with zero attached hydrogens (tertiary/aromatic N) is 2. The zero-order valence-electron chi connectivity index (χ0n) is 11.9. The van der Waals surface area contributed by atoms with E-state index in [1.54, 1.807) is 0 Å². The molecule has 2 aliphatic carbocycles. The second kappa shape index (κ2) is 4.44. The molecule has 0 amide bonds. The van der Waals surface area contributed by atoms with Crippen LogP contribution in [0.5, 0.6) is 0 Å². The van der Waals surface area contributed by atoms with Gasteiger partial charge in [-0.1, -0.05) is 24.6 Å². The predicted molar refractivity (Wildman–Crippen MR) is 78.4 cm³/mol. The van der Waals surface area contributed by atoms with Crippen molar-refractivity contribution in [2.45, 2.75) is 32.1 Å². The lowest BCUT2D eigenvalue weighted by molar-refractivity contribution is -0.123. The number of fused-ring (bicyclic) bond motifs is 3. The van der Waals surface area contributed by atoms with Crippen molar-refractivity contribution in [2.24, 2.45) is 24.8 Å².